The number of hydrogen-bond donors (Lipinski definition) is 3. The van der Waals surface area contributed by atoms with Gasteiger partial charge >= 0.3 is 0 Å². The van der Waals surface area contributed by atoms with E-state index in [1.165, 1.54) is 6.42 Å². The summed E-state index contributed by atoms with van der Waals surface area (Å²) >= 11 is 0. The molecule has 3 N–H and O–H groups in total. The SMILES string of the molecule is CN(C)CC(=O)N[C@H]1CC[C@@H](CCNC(=O)C2CCCCC2)O[C@@H]1CO. The molecular weight excluding hydrogens is 334 g/mol. The van der Waals surface area contributed by atoms with Crippen molar-refractivity contribution < 1.29 is 19.4 Å². The highest BCUT2D eigenvalue weighted by Crippen LogP contribution is 2.24. The molecule has 0 unspecified atom stereocenters. The zero-order valence-electron chi connectivity index (χ0n) is 16.2. The summed E-state index contributed by atoms with van der Waals surface area (Å²) in [5.41, 5.74) is 0. The van der Waals surface area contributed by atoms with Crippen molar-refractivity contribution in [1.82, 2.24) is 15.5 Å². The molecule has 1 saturated carbocycles. The van der Waals surface area contributed by atoms with Crippen molar-refractivity contribution in [3.05, 3.63) is 0 Å². The zero-order chi connectivity index (χ0) is 18.9. The van der Waals surface area contributed by atoms with Crippen molar-refractivity contribution in [2.24, 2.45) is 5.92 Å². The van der Waals surface area contributed by atoms with Gasteiger partial charge in [0.15, 0.2) is 0 Å². The minimum Gasteiger partial charge on any atom is -0.394 e. The van der Waals surface area contributed by atoms with Crippen LogP contribution in [0.4, 0.5) is 0 Å². The summed E-state index contributed by atoms with van der Waals surface area (Å²) in [5, 5.41) is 15.6. The van der Waals surface area contributed by atoms with Crippen LogP contribution >= 0.6 is 0 Å². The van der Waals surface area contributed by atoms with E-state index in [2.05, 4.69) is 10.6 Å². The molecule has 0 aromatic heterocycles. The highest BCUT2D eigenvalue weighted by atomic mass is 16.5. The second kappa shape index (κ2) is 10.8. The first-order chi connectivity index (χ1) is 12.5. The molecule has 0 radical (unpaired) electrons. The van der Waals surface area contributed by atoms with Crippen molar-refractivity contribution in [3.63, 3.8) is 0 Å². The van der Waals surface area contributed by atoms with Gasteiger partial charge in [0.05, 0.1) is 25.3 Å². The monoisotopic (exact) mass is 369 g/mol. The normalized spacial score (nSPS) is 27.3. The molecular formula is C19H35N3O4. The molecule has 150 valence electrons. The largest absolute Gasteiger partial charge is 0.394 e. The Balaban J connectivity index is 1.69. The summed E-state index contributed by atoms with van der Waals surface area (Å²) in [6.07, 6.45) is 7.55. The number of hydrogen-bond acceptors (Lipinski definition) is 5. The van der Waals surface area contributed by atoms with Crippen LogP contribution in [0.15, 0.2) is 0 Å². The molecule has 1 saturated heterocycles. The Hall–Kier alpha value is -1.18. The van der Waals surface area contributed by atoms with Crippen LogP contribution in [0, 0.1) is 5.92 Å². The number of carbonyl (C=O) groups is 2. The van der Waals surface area contributed by atoms with Gasteiger partial charge in [0.25, 0.3) is 0 Å². The summed E-state index contributed by atoms with van der Waals surface area (Å²) in [6.45, 7) is 0.818. The zero-order valence-corrected chi connectivity index (χ0v) is 16.2. The molecule has 7 heteroatoms. The lowest BCUT2D eigenvalue weighted by atomic mass is 9.88. The lowest BCUT2D eigenvalue weighted by Gasteiger charge is -2.36. The molecule has 0 spiro atoms. The molecule has 2 aliphatic rings. The second-order valence-electron chi connectivity index (χ2n) is 7.88. The fourth-order valence-corrected chi connectivity index (χ4v) is 3.91. The smallest absolute Gasteiger partial charge is 0.234 e. The highest BCUT2D eigenvalue weighted by molar-refractivity contribution is 5.78. The van der Waals surface area contributed by atoms with Crippen LogP contribution in [-0.2, 0) is 14.3 Å². The Bertz CT molecular complexity index is 452. The van der Waals surface area contributed by atoms with Gasteiger partial charge in [0.2, 0.25) is 11.8 Å². The third-order valence-corrected chi connectivity index (χ3v) is 5.34. The average Bonchev–Trinajstić information content (AvgIpc) is 2.62. The summed E-state index contributed by atoms with van der Waals surface area (Å²) in [4.78, 5) is 25.9. The lowest BCUT2D eigenvalue weighted by Crippen LogP contribution is -2.52. The molecule has 1 heterocycles. The van der Waals surface area contributed by atoms with E-state index in [1.54, 1.807) is 0 Å². The Labute approximate surface area is 156 Å². The van der Waals surface area contributed by atoms with E-state index in [1.807, 2.05) is 19.0 Å². The highest BCUT2D eigenvalue weighted by Gasteiger charge is 2.32. The first-order valence-electron chi connectivity index (χ1n) is 9.97. The quantitative estimate of drug-likeness (QED) is 0.585. The fraction of sp³-hybridized carbons (Fsp3) is 0.895. The number of amides is 2. The van der Waals surface area contributed by atoms with Gasteiger partial charge in [-0.2, -0.15) is 0 Å². The molecule has 0 aromatic carbocycles. The number of nitrogens with one attached hydrogen (secondary N) is 2. The van der Waals surface area contributed by atoms with Crippen LogP contribution in [0.3, 0.4) is 0 Å². The third-order valence-electron chi connectivity index (χ3n) is 5.34. The van der Waals surface area contributed by atoms with Crippen LogP contribution < -0.4 is 10.6 Å². The predicted octanol–water partition coefficient (Wildman–Crippen LogP) is 0.659. The fourth-order valence-electron chi connectivity index (χ4n) is 3.91. The van der Waals surface area contributed by atoms with Gasteiger partial charge in [-0.1, -0.05) is 19.3 Å². The van der Waals surface area contributed by atoms with E-state index in [0.717, 1.165) is 44.9 Å². The maximum atomic E-state index is 12.2. The minimum atomic E-state index is -0.381. The Morgan fingerprint density at radius 3 is 2.50 bits per heavy atom. The number of aliphatic hydroxyl groups is 1. The molecule has 2 fully saturated rings. The molecule has 26 heavy (non-hydrogen) atoms. The van der Waals surface area contributed by atoms with Crippen LogP contribution in [-0.4, -0.2) is 73.9 Å². The van der Waals surface area contributed by atoms with Gasteiger partial charge in [-0.3, -0.25) is 9.59 Å². The standard InChI is InChI=1S/C19H35N3O4/c1-22(2)12-18(24)21-16-9-8-15(26-17(16)13-23)10-11-20-19(25)14-6-4-3-5-7-14/h14-17,23H,3-13H2,1-2H3,(H,20,25)(H,21,24)/t15-,16-,17+/m0/s1. The molecule has 1 aliphatic carbocycles. The average molecular weight is 370 g/mol. The van der Waals surface area contributed by atoms with E-state index in [4.69, 9.17) is 4.74 Å². The van der Waals surface area contributed by atoms with E-state index < -0.39 is 0 Å². The number of nitrogens with zero attached hydrogens (tertiary/aromatic N) is 1. The molecule has 2 rings (SSSR count). The number of likely N-dealkylation sites (N-methyl/N-ethyl adjacent to an activating group) is 1. The topological polar surface area (TPSA) is 90.9 Å². The third kappa shape index (κ3) is 6.85. The van der Waals surface area contributed by atoms with Gasteiger partial charge in [-0.05, 0) is 46.2 Å². The summed E-state index contributed by atoms with van der Waals surface area (Å²) in [7, 11) is 3.69. The van der Waals surface area contributed by atoms with Crippen molar-refractivity contribution in [2.75, 3.05) is 33.8 Å². The van der Waals surface area contributed by atoms with Crippen LogP contribution in [0.1, 0.15) is 51.4 Å². The first-order valence-corrected chi connectivity index (χ1v) is 9.97. The minimum absolute atomic E-state index is 0.0146. The predicted molar refractivity (Wildman–Crippen MR) is 99.7 cm³/mol. The number of carbonyl (C=O) groups excluding carboxylic acids is 2. The van der Waals surface area contributed by atoms with Crippen LogP contribution in [0.5, 0.6) is 0 Å². The Morgan fingerprint density at radius 2 is 1.85 bits per heavy atom. The molecule has 1 aliphatic heterocycles. The first kappa shape index (κ1) is 21.1. The maximum Gasteiger partial charge on any atom is 0.234 e. The van der Waals surface area contributed by atoms with E-state index in [0.29, 0.717) is 13.1 Å². The lowest BCUT2D eigenvalue weighted by molar-refractivity contribution is -0.130. The Morgan fingerprint density at radius 1 is 1.12 bits per heavy atom. The van der Waals surface area contributed by atoms with Crippen molar-refractivity contribution in [3.8, 4) is 0 Å². The van der Waals surface area contributed by atoms with Gasteiger partial charge < -0.3 is 25.4 Å². The molecule has 2 amide bonds. The van der Waals surface area contributed by atoms with Crippen LogP contribution in [0.2, 0.25) is 0 Å². The van der Waals surface area contributed by atoms with Gasteiger partial charge in [0.1, 0.15) is 6.10 Å². The molecule has 0 aromatic rings. The number of ether oxygens (including phenoxy) is 1. The number of rotatable bonds is 8. The Kier molecular flexibility index (Phi) is 8.81. The summed E-state index contributed by atoms with van der Waals surface area (Å²) < 4.78 is 5.95. The van der Waals surface area contributed by atoms with E-state index in [-0.39, 0.29) is 42.6 Å². The number of aliphatic hydroxyl groups excluding tert-OH is 1. The van der Waals surface area contributed by atoms with E-state index >= 15 is 0 Å². The van der Waals surface area contributed by atoms with Crippen molar-refractivity contribution in [2.45, 2.75) is 69.6 Å². The van der Waals surface area contributed by atoms with Crippen molar-refractivity contribution >= 4 is 11.8 Å². The molecule has 3 atom stereocenters. The van der Waals surface area contributed by atoms with Gasteiger partial charge in [0, 0.05) is 12.5 Å². The van der Waals surface area contributed by atoms with E-state index in [9.17, 15) is 14.7 Å². The van der Waals surface area contributed by atoms with Gasteiger partial charge in [-0.15, -0.1) is 0 Å². The molecule has 0 bridgehead atoms. The summed E-state index contributed by atoms with van der Waals surface area (Å²) in [5.74, 6) is 0.297. The molecule has 7 nitrogen and oxygen atoms in total. The maximum absolute atomic E-state index is 12.2. The van der Waals surface area contributed by atoms with Crippen molar-refractivity contribution in [1.29, 1.82) is 0 Å². The second-order valence-corrected chi connectivity index (χ2v) is 7.88. The summed E-state index contributed by atoms with van der Waals surface area (Å²) in [6, 6.07) is -0.152. The van der Waals surface area contributed by atoms with Gasteiger partial charge in [-0.25, -0.2) is 0 Å². The van der Waals surface area contributed by atoms with Crippen LogP contribution in [0.25, 0.3) is 0 Å².